The van der Waals surface area contributed by atoms with Crippen LogP contribution in [0.5, 0.6) is 5.75 Å². The zero-order valence-electron chi connectivity index (χ0n) is 19.8. The first-order valence-corrected chi connectivity index (χ1v) is 12.4. The zero-order valence-corrected chi connectivity index (χ0v) is 20.6. The van der Waals surface area contributed by atoms with Gasteiger partial charge in [-0.15, -0.1) is 0 Å². The molecule has 2 aromatic rings. The molecule has 1 aliphatic rings. The van der Waals surface area contributed by atoms with Crippen molar-refractivity contribution in [3.8, 4) is 5.75 Å². The minimum atomic E-state index is -3.52. The van der Waals surface area contributed by atoms with E-state index in [1.165, 1.54) is 4.31 Å². The molecule has 1 saturated heterocycles. The van der Waals surface area contributed by atoms with Crippen LogP contribution >= 0.6 is 0 Å². The maximum atomic E-state index is 12.7. The van der Waals surface area contributed by atoms with Crippen LogP contribution in [-0.4, -0.2) is 70.5 Å². The van der Waals surface area contributed by atoms with E-state index in [0.29, 0.717) is 39.4 Å². The molecule has 1 amide bonds. The standard InChI is InChI=1S/C24H33N3O5S/c1-18-13-21(14-19(2)24(18)31-4)16-26(3)17-23(28)25-15-20-5-7-22(8-6-20)33(29,30)27-9-11-32-12-10-27/h5-8,13-14H,9-12,15-17H2,1-4H3,(H,25,28). The van der Waals surface area contributed by atoms with Crippen molar-refractivity contribution >= 4 is 15.9 Å². The number of amides is 1. The average molecular weight is 476 g/mol. The zero-order chi connectivity index (χ0) is 24.0. The van der Waals surface area contributed by atoms with E-state index < -0.39 is 10.0 Å². The lowest BCUT2D eigenvalue weighted by Crippen LogP contribution is -2.40. The van der Waals surface area contributed by atoms with Gasteiger partial charge in [-0.25, -0.2) is 8.42 Å². The molecule has 1 N–H and O–H groups in total. The first kappa shape index (κ1) is 25.2. The Hall–Kier alpha value is -2.46. The lowest BCUT2D eigenvalue weighted by atomic mass is 10.1. The first-order valence-electron chi connectivity index (χ1n) is 11.0. The van der Waals surface area contributed by atoms with E-state index in [9.17, 15) is 13.2 Å². The second-order valence-corrected chi connectivity index (χ2v) is 10.3. The summed E-state index contributed by atoms with van der Waals surface area (Å²) < 4.78 is 37.5. The monoisotopic (exact) mass is 475 g/mol. The number of methoxy groups -OCH3 is 1. The highest BCUT2D eigenvalue weighted by Crippen LogP contribution is 2.24. The normalized spacial score (nSPS) is 14.9. The minimum Gasteiger partial charge on any atom is -0.496 e. The predicted octanol–water partition coefficient (Wildman–Crippen LogP) is 2.08. The maximum Gasteiger partial charge on any atom is 0.243 e. The van der Waals surface area contributed by atoms with Gasteiger partial charge in [-0.1, -0.05) is 24.3 Å². The molecule has 0 aromatic heterocycles. The molecule has 0 bridgehead atoms. The molecule has 1 heterocycles. The third-order valence-corrected chi connectivity index (χ3v) is 7.52. The highest BCUT2D eigenvalue weighted by molar-refractivity contribution is 7.89. The summed E-state index contributed by atoms with van der Waals surface area (Å²) in [6, 6.07) is 10.8. The van der Waals surface area contributed by atoms with Gasteiger partial charge in [-0.3, -0.25) is 9.69 Å². The summed E-state index contributed by atoms with van der Waals surface area (Å²) in [7, 11) is 0.0563. The van der Waals surface area contributed by atoms with Crippen molar-refractivity contribution in [2.75, 3.05) is 47.0 Å². The lowest BCUT2D eigenvalue weighted by molar-refractivity contribution is -0.122. The number of nitrogens with zero attached hydrogens (tertiary/aromatic N) is 2. The van der Waals surface area contributed by atoms with Gasteiger partial charge in [0, 0.05) is 26.2 Å². The molecule has 33 heavy (non-hydrogen) atoms. The highest BCUT2D eigenvalue weighted by Gasteiger charge is 2.26. The molecule has 0 saturated carbocycles. The number of nitrogens with one attached hydrogen (secondary N) is 1. The molecule has 1 aliphatic heterocycles. The van der Waals surface area contributed by atoms with Gasteiger partial charge >= 0.3 is 0 Å². The van der Waals surface area contributed by atoms with Crippen LogP contribution < -0.4 is 10.1 Å². The molecule has 2 aromatic carbocycles. The number of likely N-dealkylation sites (N-methyl/N-ethyl adjacent to an activating group) is 1. The van der Waals surface area contributed by atoms with Crippen LogP contribution in [0.15, 0.2) is 41.3 Å². The quantitative estimate of drug-likeness (QED) is 0.598. The van der Waals surface area contributed by atoms with Crippen molar-refractivity contribution < 1.29 is 22.7 Å². The number of carbonyl (C=O) groups excluding carboxylic acids is 1. The Kier molecular flexibility index (Phi) is 8.47. The lowest BCUT2D eigenvalue weighted by Gasteiger charge is -2.26. The van der Waals surface area contributed by atoms with Crippen LogP contribution in [-0.2, 0) is 32.6 Å². The first-order chi connectivity index (χ1) is 15.7. The van der Waals surface area contributed by atoms with Crippen molar-refractivity contribution in [1.82, 2.24) is 14.5 Å². The summed E-state index contributed by atoms with van der Waals surface area (Å²) in [6.45, 7) is 6.82. The molecule has 8 nitrogen and oxygen atoms in total. The van der Waals surface area contributed by atoms with Gasteiger partial charge in [0.05, 0.1) is 31.8 Å². The molecule has 0 aliphatic carbocycles. The van der Waals surface area contributed by atoms with Crippen molar-refractivity contribution in [2.24, 2.45) is 0 Å². The maximum absolute atomic E-state index is 12.7. The van der Waals surface area contributed by atoms with Gasteiger partial charge in [0.25, 0.3) is 0 Å². The van der Waals surface area contributed by atoms with E-state index in [-0.39, 0.29) is 17.3 Å². The third kappa shape index (κ3) is 6.54. The summed E-state index contributed by atoms with van der Waals surface area (Å²) in [5, 5.41) is 2.90. The summed E-state index contributed by atoms with van der Waals surface area (Å²) in [4.78, 5) is 14.6. The summed E-state index contributed by atoms with van der Waals surface area (Å²) in [5.41, 5.74) is 4.11. The van der Waals surface area contributed by atoms with Crippen LogP contribution in [0, 0.1) is 13.8 Å². The number of sulfonamides is 1. The predicted molar refractivity (Wildman–Crippen MR) is 127 cm³/mol. The van der Waals surface area contributed by atoms with Crippen LogP contribution in [0.2, 0.25) is 0 Å². The molecular weight excluding hydrogens is 442 g/mol. The van der Waals surface area contributed by atoms with Gasteiger partial charge in [0.2, 0.25) is 15.9 Å². The molecular formula is C24H33N3O5S. The number of benzene rings is 2. The van der Waals surface area contributed by atoms with E-state index in [1.54, 1.807) is 31.4 Å². The SMILES string of the molecule is COc1c(C)cc(CN(C)CC(=O)NCc2ccc(S(=O)(=O)N3CCOCC3)cc2)cc1C. The summed E-state index contributed by atoms with van der Waals surface area (Å²) in [5.74, 6) is 0.799. The number of aryl methyl sites for hydroxylation is 2. The van der Waals surface area contributed by atoms with Crippen LogP contribution in [0.25, 0.3) is 0 Å². The highest BCUT2D eigenvalue weighted by atomic mass is 32.2. The Morgan fingerprint density at radius 1 is 1.09 bits per heavy atom. The van der Waals surface area contributed by atoms with E-state index in [1.807, 2.05) is 25.8 Å². The fourth-order valence-electron chi connectivity index (χ4n) is 4.04. The van der Waals surface area contributed by atoms with Crippen molar-refractivity contribution in [2.45, 2.75) is 31.8 Å². The summed E-state index contributed by atoms with van der Waals surface area (Å²) >= 11 is 0. The Labute approximate surface area is 196 Å². The van der Waals surface area contributed by atoms with E-state index in [4.69, 9.17) is 9.47 Å². The fourth-order valence-corrected chi connectivity index (χ4v) is 5.45. The molecule has 3 rings (SSSR count). The molecule has 1 fully saturated rings. The van der Waals surface area contributed by atoms with Crippen LogP contribution in [0.3, 0.4) is 0 Å². The number of hydrogen-bond acceptors (Lipinski definition) is 6. The smallest absolute Gasteiger partial charge is 0.243 e. The Morgan fingerprint density at radius 2 is 1.70 bits per heavy atom. The van der Waals surface area contributed by atoms with E-state index >= 15 is 0 Å². The number of carbonyl (C=O) groups is 1. The molecule has 180 valence electrons. The largest absolute Gasteiger partial charge is 0.496 e. The van der Waals surface area contributed by atoms with Gasteiger partial charge in [0.15, 0.2) is 0 Å². The van der Waals surface area contributed by atoms with Gasteiger partial charge in [-0.2, -0.15) is 4.31 Å². The fraction of sp³-hybridized carbons (Fsp3) is 0.458. The Balaban J connectivity index is 1.50. The molecule has 0 atom stereocenters. The topological polar surface area (TPSA) is 88.2 Å². The van der Waals surface area contributed by atoms with Gasteiger partial charge < -0.3 is 14.8 Å². The van der Waals surface area contributed by atoms with Gasteiger partial charge in [0.1, 0.15) is 5.75 Å². The van der Waals surface area contributed by atoms with Crippen LogP contribution in [0.4, 0.5) is 0 Å². The van der Waals surface area contributed by atoms with Crippen LogP contribution in [0.1, 0.15) is 22.3 Å². The summed E-state index contributed by atoms with van der Waals surface area (Å²) in [6.07, 6.45) is 0. The number of rotatable bonds is 9. The van der Waals surface area contributed by atoms with Crippen molar-refractivity contribution in [1.29, 1.82) is 0 Å². The minimum absolute atomic E-state index is 0.0931. The second kappa shape index (κ2) is 11.1. The van der Waals surface area contributed by atoms with E-state index in [2.05, 4.69) is 17.4 Å². The Bertz CT molecular complexity index is 1040. The molecule has 0 unspecified atom stereocenters. The Morgan fingerprint density at radius 3 is 2.27 bits per heavy atom. The average Bonchev–Trinajstić information content (AvgIpc) is 2.78. The van der Waals surface area contributed by atoms with E-state index in [0.717, 1.165) is 28.0 Å². The number of hydrogen-bond donors (Lipinski definition) is 1. The molecule has 0 radical (unpaired) electrons. The van der Waals surface area contributed by atoms with Crippen molar-refractivity contribution in [3.05, 3.63) is 58.7 Å². The third-order valence-electron chi connectivity index (χ3n) is 5.61. The number of morpholine rings is 1. The van der Waals surface area contributed by atoms with Gasteiger partial charge in [-0.05, 0) is 55.3 Å². The molecule has 0 spiro atoms. The second-order valence-electron chi connectivity index (χ2n) is 8.37. The number of ether oxygens (including phenoxy) is 2. The molecule has 9 heteroatoms. The van der Waals surface area contributed by atoms with Crippen molar-refractivity contribution in [3.63, 3.8) is 0 Å².